The van der Waals surface area contributed by atoms with E-state index in [4.69, 9.17) is 4.74 Å². The molecule has 0 spiro atoms. The number of rotatable bonds is 6. The molecule has 1 amide bonds. The van der Waals surface area contributed by atoms with Crippen LogP contribution in [0.4, 0.5) is 4.79 Å². The second-order valence-electron chi connectivity index (χ2n) is 6.35. The molecule has 138 valence electrons. The van der Waals surface area contributed by atoms with Crippen molar-refractivity contribution in [1.82, 2.24) is 14.9 Å². The van der Waals surface area contributed by atoms with Crippen molar-refractivity contribution in [3.8, 4) is 0 Å². The zero-order valence-corrected chi connectivity index (χ0v) is 15.7. The number of aryl methyl sites for hydroxylation is 1. The van der Waals surface area contributed by atoms with Gasteiger partial charge in [-0.2, -0.15) is 0 Å². The van der Waals surface area contributed by atoms with Crippen LogP contribution >= 0.6 is 0 Å². The largest absolute Gasteiger partial charge is 0.460 e. The fourth-order valence-electron chi connectivity index (χ4n) is 2.71. The van der Waals surface area contributed by atoms with Crippen LogP contribution in [-0.4, -0.2) is 34.7 Å². The Hall–Kier alpha value is -2.89. The number of esters is 1. The smallest absolute Gasteiger partial charge is 0.333 e. The van der Waals surface area contributed by atoms with Gasteiger partial charge in [-0.15, -0.1) is 0 Å². The summed E-state index contributed by atoms with van der Waals surface area (Å²) in [6.07, 6.45) is 3.19. The predicted molar refractivity (Wildman–Crippen MR) is 100 cm³/mol. The Labute approximate surface area is 153 Å². The summed E-state index contributed by atoms with van der Waals surface area (Å²) in [4.78, 5) is 27.9. The first kappa shape index (κ1) is 19.4. The second kappa shape index (κ2) is 8.47. The van der Waals surface area contributed by atoms with Crippen molar-refractivity contribution in [3.05, 3.63) is 65.3 Å². The molecule has 0 aliphatic rings. The number of hydrogen-bond acceptors (Lipinski definition) is 4. The highest BCUT2D eigenvalue weighted by molar-refractivity contribution is 5.87. The Morgan fingerprint density at radius 2 is 2.08 bits per heavy atom. The van der Waals surface area contributed by atoms with Gasteiger partial charge in [-0.05, 0) is 37.5 Å². The quantitative estimate of drug-likeness (QED) is 0.490. The molecule has 1 aromatic carbocycles. The van der Waals surface area contributed by atoms with Gasteiger partial charge < -0.3 is 10.1 Å². The predicted octanol–water partition coefficient (Wildman–Crippen LogP) is 3.33. The Morgan fingerprint density at radius 3 is 2.77 bits per heavy atom. The molecular weight excluding hydrogens is 330 g/mol. The van der Waals surface area contributed by atoms with Crippen molar-refractivity contribution < 1.29 is 14.3 Å². The molecular formula is C20H25N3O3. The molecule has 6 nitrogen and oxygen atoms in total. The van der Waals surface area contributed by atoms with Crippen LogP contribution in [0.25, 0.3) is 0 Å². The maximum Gasteiger partial charge on any atom is 0.333 e. The zero-order chi connectivity index (χ0) is 19.3. The number of amides is 1. The molecule has 0 bridgehead atoms. The molecule has 1 atom stereocenters. The van der Waals surface area contributed by atoms with Crippen molar-refractivity contribution in [3.63, 3.8) is 0 Å². The molecule has 0 saturated carbocycles. The first-order valence-corrected chi connectivity index (χ1v) is 8.52. The van der Waals surface area contributed by atoms with Crippen LogP contribution in [-0.2, 0) is 9.53 Å². The van der Waals surface area contributed by atoms with E-state index in [9.17, 15) is 9.59 Å². The lowest BCUT2D eigenvalue weighted by atomic mass is 9.91. The highest BCUT2D eigenvalue weighted by Crippen LogP contribution is 2.27. The molecule has 0 fully saturated rings. The normalized spacial score (nSPS) is 11.7. The lowest BCUT2D eigenvalue weighted by Gasteiger charge is -2.18. The minimum Gasteiger partial charge on any atom is -0.460 e. The van der Waals surface area contributed by atoms with Gasteiger partial charge in [0.1, 0.15) is 12.9 Å². The van der Waals surface area contributed by atoms with E-state index in [1.807, 2.05) is 6.07 Å². The first-order valence-electron chi connectivity index (χ1n) is 8.52. The number of benzene rings is 1. The van der Waals surface area contributed by atoms with E-state index >= 15 is 0 Å². The lowest BCUT2D eigenvalue weighted by Crippen LogP contribution is -2.32. The van der Waals surface area contributed by atoms with E-state index < -0.39 is 5.97 Å². The number of ether oxygens (including phenoxy) is 1. The van der Waals surface area contributed by atoms with E-state index in [1.54, 1.807) is 13.1 Å². The van der Waals surface area contributed by atoms with E-state index in [-0.39, 0.29) is 25.1 Å². The molecule has 1 heterocycles. The third-order valence-electron chi connectivity index (χ3n) is 4.40. The SMILES string of the molecule is C=C(C)C(=O)OCCNC(=O)n1cncc1C(C)c1cccc(C)c1C. The summed E-state index contributed by atoms with van der Waals surface area (Å²) < 4.78 is 6.46. The van der Waals surface area contributed by atoms with Gasteiger partial charge in [0.15, 0.2) is 0 Å². The molecule has 0 saturated heterocycles. The van der Waals surface area contributed by atoms with Crippen LogP contribution in [0.15, 0.2) is 42.9 Å². The molecule has 0 aliphatic heterocycles. The van der Waals surface area contributed by atoms with Gasteiger partial charge in [-0.1, -0.05) is 31.7 Å². The number of carbonyl (C=O) groups is 2. The maximum absolute atomic E-state index is 12.4. The molecule has 0 radical (unpaired) electrons. The van der Waals surface area contributed by atoms with E-state index in [0.29, 0.717) is 5.57 Å². The molecule has 0 aliphatic carbocycles. The third kappa shape index (κ3) is 4.39. The second-order valence-corrected chi connectivity index (χ2v) is 6.35. The maximum atomic E-state index is 12.4. The molecule has 6 heteroatoms. The Morgan fingerprint density at radius 1 is 1.35 bits per heavy atom. The van der Waals surface area contributed by atoms with E-state index in [1.165, 1.54) is 22.0 Å². The van der Waals surface area contributed by atoms with Gasteiger partial charge in [0.25, 0.3) is 0 Å². The van der Waals surface area contributed by atoms with Gasteiger partial charge in [-0.3, -0.25) is 4.57 Å². The minimum absolute atomic E-state index is 0.0180. The summed E-state index contributed by atoms with van der Waals surface area (Å²) >= 11 is 0. The highest BCUT2D eigenvalue weighted by Gasteiger charge is 2.19. The van der Waals surface area contributed by atoms with Crippen molar-refractivity contribution in [1.29, 1.82) is 0 Å². The van der Waals surface area contributed by atoms with Crippen LogP contribution in [0.5, 0.6) is 0 Å². The average molecular weight is 355 g/mol. The fourth-order valence-corrected chi connectivity index (χ4v) is 2.71. The van der Waals surface area contributed by atoms with Gasteiger partial charge in [0, 0.05) is 17.7 Å². The first-order chi connectivity index (χ1) is 12.3. The minimum atomic E-state index is -0.467. The topological polar surface area (TPSA) is 73.2 Å². The van der Waals surface area contributed by atoms with Gasteiger partial charge in [0.05, 0.1) is 12.2 Å². The Bertz CT molecular complexity index is 823. The summed E-state index contributed by atoms with van der Waals surface area (Å²) in [6, 6.07) is 5.85. The van der Waals surface area contributed by atoms with Crippen LogP contribution in [0.3, 0.4) is 0 Å². The van der Waals surface area contributed by atoms with E-state index in [0.717, 1.165) is 11.3 Å². The van der Waals surface area contributed by atoms with Crippen molar-refractivity contribution in [2.75, 3.05) is 13.2 Å². The summed E-state index contributed by atoms with van der Waals surface area (Å²) in [6.45, 7) is 11.6. The van der Waals surface area contributed by atoms with Gasteiger partial charge >= 0.3 is 12.0 Å². The van der Waals surface area contributed by atoms with Crippen molar-refractivity contribution in [2.45, 2.75) is 33.6 Å². The third-order valence-corrected chi connectivity index (χ3v) is 4.40. The van der Waals surface area contributed by atoms with Crippen molar-refractivity contribution >= 4 is 12.0 Å². The zero-order valence-electron chi connectivity index (χ0n) is 15.7. The van der Waals surface area contributed by atoms with Crippen molar-refractivity contribution in [2.24, 2.45) is 0 Å². The Kier molecular flexibility index (Phi) is 6.33. The number of hydrogen-bond donors (Lipinski definition) is 1. The summed E-state index contributed by atoms with van der Waals surface area (Å²) in [5.74, 6) is -0.449. The number of nitrogens with one attached hydrogen (secondary N) is 1. The average Bonchev–Trinajstić information content (AvgIpc) is 3.09. The van der Waals surface area contributed by atoms with Crippen LogP contribution in [0, 0.1) is 13.8 Å². The van der Waals surface area contributed by atoms with Gasteiger partial charge in [-0.25, -0.2) is 14.6 Å². The lowest BCUT2D eigenvalue weighted by molar-refractivity contribution is -0.138. The summed E-state index contributed by atoms with van der Waals surface area (Å²) in [5, 5.41) is 2.73. The molecule has 1 aromatic heterocycles. The number of imidazole rings is 1. The standard InChI is InChI=1S/C20H25N3O3/c1-13(2)19(24)26-10-9-22-20(25)23-12-21-11-18(23)16(5)17-8-6-7-14(3)15(17)4/h6-8,11-12,16H,1,9-10H2,2-5H3,(H,22,25). The van der Waals surface area contributed by atoms with E-state index in [2.05, 4.69) is 49.8 Å². The Balaban J connectivity index is 2.05. The molecule has 1 unspecified atom stereocenters. The van der Waals surface area contributed by atoms with Crippen LogP contribution in [0.1, 0.15) is 42.1 Å². The summed E-state index contributed by atoms with van der Waals surface area (Å²) in [7, 11) is 0. The number of carbonyl (C=O) groups excluding carboxylic acids is 2. The molecule has 26 heavy (non-hydrogen) atoms. The molecule has 2 rings (SSSR count). The monoisotopic (exact) mass is 355 g/mol. The summed E-state index contributed by atoms with van der Waals surface area (Å²) in [5.41, 5.74) is 4.71. The van der Waals surface area contributed by atoms with Gasteiger partial charge in [0.2, 0.25) is 0 Å². The fraction of sp³-hybridized carbons (Fsp3) is 0.350. The molecule has 2 aromatic rings. The highest BCUT2D eigenvalue weighted by atomic mass is 16.5. The number of aromatic nitrogens is 2. The van der Waals surface area contributed by atoms with Crippen LogP contribution < -0.4 is 5.32 Å². The number of nitrogens with zero attached hydrogens (tertiary/aromatic N) is 2. The molecule has 1 N–H and O–H groups in total. The van der Waals surface area contributed by atoms with Crippen LogP contribution in [0.2, 0.25) is 0 Å².